The molecule has 1 amide bonds. The summed E-state index contributed by atoms with van der Waals surface area (Å²) in [5.41, 5.74) is 7.21. The SMILES string of the molecule is CCCN(CC(=O)OCC)C(=O)c1n[nH]c(C(C)C)c1N. The van der Waals surface area contributed by atoms with Gasteiger partial charge in [0.15, 0.2) is 5.69 Å². The van der Waals surface area contributed by atoms with Gasteiger partial charge < -0.3 is 15.4 Å². The number of nitrogens with zero attached hydrogens (tertiary/aromatic N) is 2. The van der Waals surface area contributed by atoms with Crippen LogP contribution in [0.5, 0.6) is 0 Å². The van der Waals surface area contributed by atoms with Gasteiger partial charge in [0.25, 0.3) is 5.91 Å². The van der Waals surface area contributed by atoms with Crippen molar-refractivity contribution in [1.82, 2.24) is 15.1 Å². The van der Waals surface area contributed by atoms with Crippen LogP contribution in [-0.2, 0) is 9.53 Å². The molecule has 0 aliphatic heterocycles. The first kappa shape index (κ1) is 17.0. The van der Waals surface area contributed by atoms with Crippen molar-refractivity contribution >= 4 is 17.6 Å². The van der Waals surface area contributed by atoms with E-state index in [0.29, 0.717) is 12.2 Å². The summed E-state index contributed by atoms with van der Waals surface area (Å²) in [4.78, 5) is 25.5. The topological polar surface area (TPSA) is 101 Å². The molecule has 0 fully saturated rings. The Morgan fingerprint density at radius 1 is 1.38 bits per heavy atom. The minimum Gasteiger partial charge on any atom is -0.465 e. The first-order valence-corrected chi connectivity index (χ1v) is 7.20. The minimum atomic E-state index is -0.433. The number of hydrogen-bond donors (Lipinski definition) is 2. The molecule has 0 aromatic carbocycles. The molecular weight excluding hydrogens is 272 g/mol. The molecule has 0 bridgehead atoms. The summed E-state index contributed by atoms with van der Waals surface area (Å²) in [6.45, 7) is 8.21. The number of rotatable bonds is 7. The normalized spacial score (nSPS) is 10.7. The Hall–Kier alpha value is -2.05. The molecule has 1 heterocycles. The lowest BCUT2D eigenvalue weighted by Crippen LogP contribution is -2.37. The summed E-state index contributed by atoms with van der Waals surface area (Å²) < 4.78 is 4.89. The Morgan fingerprint density at radius 2 is 2.05 bits per heavy atom. The molecule has 0 saturated carbocycles. The Balaban J connectivity index is 2.93. The zero-order chi connectivity index (χ0) is 16.0. The third-order valence-electron chi connectivity index (χ3n) is 3.02. The summed E-state index contributed by atoms with van der Waals surface area (Å²) in [6.07, 6.45) is 0.729. The van der Waals surface area contributed by atoms with Crippen molar-refractivity contribution in [3.05, 3.63) is 11.4 Å². The van der Waals surface area contributed by atoms with Gasteiger partial charge in [-0.15, -0.1) is 0 Å². The lowest BCUT2D eigenvalue weighted by Gasteiger charge is -2.20. The molecule has 7 nitrogen and oxygen atoms in total. The Morgan fingerprint density at radius 3 is 2.52 bits per heavy atom. The average molecular weight is 296 g/mol. The lowest BCUT2D eigenvalue weighted by molar-refractivity contribution is -0.143. The fraction of sp³-hybridized carbons (Fsp3) is 0.643. The summed E-state index contributed by atoms with van der Waals surface area (Å²) in [5, 5.41) is 6.79. The third kappa shape index (κ3) is 4.21. The molecule has 1 aromatic rings. The molecule has 0 radical (unpaired) electrons. The molecule has 1 rings (SSSR count). The number of carbonyl (C=O) groups excluding carboxylic acids is 2. The van der Waals surface area contributed by atoms with E-state index in [1.54, 1.807) is 6.92 Å². The maximum absolute atomic E-state index is 12.5. The standard InChI is InChI=1S/C14H24N4O3/c1-5-7-18(8-10(19)21-6-2)14(20)13-11(15)12(9(3)4)16-17-13/h9H,5-8,15H2,1-4H3,(H,16,17). The van der Waals surface area contributed by atoms with E-state index in [1.807, 2.05) is 20.8 Å². The van der Waals surface area contributed by atoms with Crippen LogP contribution in [0, 0.1) is 0 Å². The summed E-state index contributed by atoms with van der Waals surface area (Å²) in [7, 11) is 0. The predicted molar refractivity (Wildman–Crippen MR) is 79.9 cm³/mol. The Kier molecular flexibility index (Phi) is 6.20. The Bertz CT molecular complexity index is 496. The highest BCUT2D eigenvalue weighted by atomic mass is 16.5. The number of H-pyrrole nitrogens is 1. The molecule has 1 aromatic heterocycles. The zero-order valence-corrected chi connectivity index (χ0v) is 13.1. The molecule has 0 spiro atoms. The smallest absolute Gasteiger partial charge is 0.325 e. The second kappa shape index (κ2) is 7.66. The molecule has 0 aliphatic carbocycles. The first-order valence-electron chi connectivity index (χ1n) is 7.20. The molecule has 0 atom stereocenters. The fourth-order valence-corrected chi connectivity index (χ4v) is 2.00. The first-order chi connectivity index (χ1) is 9.92. The van der Waals surface area contributed by atoms with Gasteiger partial charge in [0, 0.05) is 6.54 Å². The van der Waals surface area contributed by atoms with Crippen LogP contribution in [0.4, 0.5) is 5.69 Å². The van der Waals surface area contributed by atoms with Gasteiger partial charge >= 0.3 is 5.97 Å². The summed E-state index contributed by atoms with van der Waals surface area (Å²) in [5.74, 6) is -0.647. The summed E-state index contributed by atoms with van der Waals surface area (Å²) >= 11 is 0. The number of hydrogen-bond acceptors (Lipinski definition) is 5. The zero-order valence-electron chi connectivity index (χ0n) is 13.1. The molecule has 0 aliphatic rings. The fourth-order valence-electron chi connectivity index (χ4n) is 2.00. The predicted octanol–water partition coefficient (Wildman–Crippen LogP) is 1.53. The van der Waals surface area contributed by atoms with Crippen LogP contribution >= 0.6 is 0 Å². The molecule has 0 unspecified atom stereocenters. The van der Waals surface area contributed by atoms with Crippen LogP contribution in [0.2, 0.25) is 0 Å². The van der Waals surface area contributed by atoms with Crippen LogP contribution in [0.15, 0.2) is 0 Å². The van der Waals surface area contributed by atoms with Gasteiger partial charge in [-0.25, -0.2) is 0 Å². The van der Waals surface area contributed by atoms with Gasteiger partial charge in [0.1, 0.15) is 6.54 Å². The molecule has 118 valence electrons. The largest absolute Gasteiger partial charge is 0.465 e. The number of esters is 1. The quantitative estimate of drug-likeness (QED) is 0.743. The van der Waals surface area contributed by atoms with Gasteiger partial charge in [-0.2, -0.15) is 5.10 Å². The number of amides is 1. The van der Waals surface area contributed by atoms with E-state index < -0.39 is 5.97 Å². The van der Waals surface area contributed by atoms with Gasteiger partial charge in [-0.1, -0.05) is 20.8 Å². The highest BCUT2D eigenvalue weighted by Gasteiger charge is 2.25. The second-order valence-electron chi connectivity index (χ2n) is 5.09. The van der Waals surface area contributed by atoms with E-state index in [2.05, 4.69) is 10.2 Å². The van der Waals surface area contributed by atoms with Gasteiger partial charge in [-0.05, 0) is 19.3 Å². The maximum Gasteiger partial charge on any atom is 0.325 e. The number of nitrogens with two attached hydrogens (primary N) is 1. The van der Waals surface area contributed by atoms with Crippen molar-refractivity contribution in [1.29, 1.82) is 0 Å². The third-order valence-corrected chi connectivity index (χ3v) is 3.02. The highest BCUT2D eigenvalue weighted by Crippen LogP contribution is 2.23. The number of nitrogen functional groups attached to an aromatic ring is 1. The van der Waals surface area contributed by atoms with Gasteiger partial charge in [0.05, 0.1) is 18.0 Å². The van der Waals surface area contributed by atoms with E-state index in [0.717, 1.165) is 12.1 Å². The van der Waals surface area contributed by atoms with Crippen LogP contribution in [-0.4, -0.2) is 46.7 Å². The lowest BCUT2D eigenvalue weighted by atomic mass is 10.1. The van der Waals surface area contributed by atoms with Crippen molar-refractivity contribution < 1.29 is 14.3 Å². The minimum absolute atomic E-state index is 0.0934. The monoisotopic (exact) mass is 296 g/mol. The van der Waals surface area contributed by atoms with E-state index >= 15 is 0 Å². The van der Waals surface area contributed by atoms with Crippen molar-refractivity contribution in [3.63, 3.8) is 0 Å². The van der Waals surface area contributed by atoms with Crippen molar-refractivity contribution in [3.8, 4) is 0 Å². The number of aromatic amines is 1. The van der Waals surface area contributed by atoms with Crippen molar-refractivity contribution in [2.75, 3.05) is 25.4 Å². The molecular formula is C14H24N4O3. The van der Waals surface area contributed by atoms with Crippen LogP contribution in [0.3, 0.4) is 0 Å². The van der Waals surface area contributed by atoms with Crippen LogP contribution in [0.1, 0.15) is 56.2 Å². The maximum atomic E-state index is 12.5. The molecule has 21 heavy (non-hydrogen) atoms. The number of carbonyl (C=O) groups is 2. The van der Waals surface area contributed by atoms with E-state index in [9.17, 15) is 9.59 Å². The second-order valence-corrected chi connectivity index (χ2v) is 5.09. The molecule has 0 saturated heterocycles. The van der Waals surface area contributed by atoms with E-state index in [4.69, 9.17) is 10.5 Å². The van der Waals surface area contributed by atoms with Crippen LogP contribution in [0.25, 0.3) is 0 Å². The average Bonchev–Trinajstić information content (AvgIpc) is 2.79. The molecule has 3 N–H and O–H groups in total. The number of ether oxygens (including phenoxy) is 1. The molecule has 7 heteroatoms. The van der Waals surface area contributed by atoms with Gasteiger partial charge in [-0.3, -0.25) is 14.7 Å². The number of aromatic nitrogens is 2. The summed E-state index contributed by atoms with van der Waals surface area (Å²) in [6, 6.07) is 0. The number of nitrogens with one attached hydrogen (secondary N) is 1. The van der Waals surface area contributed by atoms with E-state index in [1.165, 1.54) is 4.90 Å². The highest BCUT2D eigenvalue weighted by molar-refractivity contribution is 5.99. The Labute approximate surface area is 124 Å². The van der Waals surface area contributed by atoms with Crippen molar-refractivity contribution in [2.45, 2.75) is 40.0 Å². The van der Waals surface area contributed by atoms with Crippen LogP contribution < -0.4 is 5.73 Å². The van der Waals surface area contributed by atoms with Gasteiger partial charge in [0.2, 0.25) is 0 Å². The number of anilines is 1. The van der Waals surface area contributed by atoms with E-state index in [-0.39, 0.29) is 30.7 Å². The van der Waals surface area contributed by atoms with Crippen molar-refractivity contribution in [2.24, 2.45) is 0 Å².